The molecular weight excluding hydrogens is 427 g/mol. The number of carbonyl (C=O) groups is 1. The second kappa shape index (κ2) is 10.4. The normalized spacial score (nSPS) is 11.1. The first kappa shape index (κ1) is 22.0. The molecule has 8 heteroatoms. The molecule has 32 heavy (non-hydrogen) atoms. The molecule has 0 spiro atoms. The van der Waals surface area contributed by atoms with E-state index in [2.05, 4.69) is 10.3 Å². The van der Waals surface area contributed by atoms with Gasteiger partial charge in [0.15, 0.2) is 5.16 Å². The summed E-state index contributed by atoms with van der Waals surface area (Å²) in [6.45, 7) is 1.32. The zero-order valence-electron chi connectivity index (χ0n) is 17.6. The number of thioether (sulfide) groups is 1. The van der Waals surface area contributed by atoms with Crippen molar-refractivity contribution in [2.75, 3.05) is 20.3 Å². The molecule has 0 radical (unpaired) electrons. The first-order chi connectivity index (χ1) is 15.7. The summed E-state index contributed by atoms with van der Waals surface area (Å²) in [5.74, 6) is 0.300. The van der Waals surface area contributed by atoms with Gasteiger partial charge in [0.25, 0.3) is 5.91 Å². The van der Waals surface area contributed by atoms with Crippen molar-refractivity contribution in [3.63, 3.8) is 0 Å². The molecule has 0 atom stereocenters. The number of pyridine rings is 1. The van der Waals surface area contributed by atoms with Gasteiger partial charge in [0.1, 0.15) is 5.82 Å². The molecule has 164 valence electrons. The fraction of sp³-hybridized carbons (Fsp3) is 0.208. The molecule has 1 amide bonds. The van der Waals surface area contributed by atoms with Crippen LogP contribution in [0.1, 0.15) is 21.5 Å². The average Bonchev–Trinajstić information content (AvgIpc) is 3.17. The SMILES string of the molecule is COCCNC(=O)c1ccc(CSc2nc3ccncc3n2Cc2ccccc2F)cc1. The van der Waals surface area contributed by atoms with Crippen molar-refractivity contribution in [1.82, 2.24) is 19.9 Å². The molecule has 0 bridgehead atoms. The van der Waals surface area contributed by atoms with Crippen LogP contribution in [0.3, 0.4) is 0 Å². The van der Waals surface area contributed by atoms with Gasteiger partial charge in [-0.1, -0.05) is 42.1 Å². The fourth-order valence-corrected chi connectivity index (χ4v) is 4.25. The third-order valence-corrected chi connectivity index (χ3v) is 6.03. The average molecular weight is 451 g/mol. The first-order valence-electron chi connectivity index (χ1n) is 10.2. The molecule has 6 nitrogen and oxygen atoms in total. The zero-order valence-corrected chi connectivity index (χ0v) is 18.4. The van der Waals surface area contributed by atoms with Gasteiger partial charge in [-0.3, -0.25) is 9.78 Å². The number of benzene rings is 2. The van der Waals surface area contributed by atoms with Gasteiger partial charge in [0.05, 0.1) is 30.4 Å². The van der Waals surface area contributed by atoms with Crippen LogP contribution >= 0.6 is 11.8 Å². The van der Waals surface area contributed by atoms with Gasteiger partial charge in [-0.05, 0) is 29.8 Å². The van der Waals surface area contributed by atoms with E-state index in [1.165, 1.54) is 6.07 Å². The molecule has 2 aromatic heterocycles. The number of methoxy groups -OCH3 is 1. The molecule has 2 aromatic carbocycles. The van der Waals surface area contributed by atoms with E-state index in [1.807, 2.05) is 41.0 Å². The number of rotatable bonds is 9. The molecule has 0 saturated heterocycles. The Kier molecular flexibility index (Phi) is 7.14. The highest BCUT2D eigenvalue weighted by molar-refractivity contribution is 7.98. The van der Waals surface area contributed by atoms with E-state index < -0.39 is 0 Å². The molecule has 0 fully saturated rings. The number of hydrogen-bond acceptors (Lipinski definition) is 5. The highest BCUT2D eigenvalue weighted by Gasteiger charge is 2.14. The molecule has 1 N–H and O–H groups in total. The lowest BCUT2D eigenvalue weighted by molar-refractivity contribution is 0.0937. The number of amides is 1. The maximum atomic E-state index is 14.3. The second-order valence-electron chi connectivity index (χ2n) is 7.17. The highest BCUT2D eigenvalue weighted by Crippen LogP contribution is 2.28. The van der Waals surface area contributed by atoms with Gasteiger partial charge in [-0.25, -0.2) is 9.37 Å². The Labute approximate surface area is 189 Å². The summed E-state index contributed by atoms with van der Waals surface area (Å²) in [4.78, 5) is 21.1. The number of aromatic nitrogens is 3. The zero-order chi connectivity index (χ0) is 22.3. The highest BCUT2D eigenvalue weighted by atomic mass is 32.2. The van der Waals surface area contributed by atoms with Crippen LogP contribution in [-0.2, 0) is 17.0 Å². The lowest BCUT2D eigenvalue weighted by Crippen LogP contribution is -2.26. The van der Waals surface area contributed by atoms with Crippen LogP contribution in [0.4, 0.5) is 4.39 Å². The van der Waals surface area contributed by atoms with E-state index in [0.29, 0.717) is 36.6 Å². The Morgan fingerprint density at radius 2 is 1.97 bits per heavy atom. The third kappa shape index (κ3) is 5.15. The number of hydrogen-bond donors (Lipinski definition) is 1. The summed E-state index contributed by atoms with van der Waals surface area (Å²) >= 11 is 1.57. The number of imidazole rings is 1. The molecule has 4 aromatic rings. The van der Waals surface area contributed by atoms with Crippen molar-refractivity contribution in [3.8, 4) is 0 Å². The number of nitrogens with zero attached hydrogens (tertiary/aromatic N) is 3. The number of fused-ring (bicyclic) bond motifs is 1. The van der Waals surface area contributed by atoms with Crippen LogP contribution in [0.25, 0.3) is 11.0 Å². The van der Waals surface area contributed by atoms with Crippen LogP contribution in [0.5, 0.6) is 0 Å². The van der Waals surface area contributed by atoms with Crippen LogP contribution in [-0.4, -0.2) is 40.7 Å². The minimum absolute atomic E-state index is 0.125. The van der Waals surface area contributed by atoms with E-state index in [1.54, 1.807) is 43.4 Å². The summed E-state index contributed by atoms with van der Waals surface area (Å²) < 4.78 is 21.2. The summed E-state index contributed by atoms with van der Waals surface area (Å²) in [7, 11) is 1.60. The number of ether oxygens (including phenoxy) is 1. The van der Waals surface area contributed by atoms with Crippen LogP contribution < -0.4 is 5.32 Å². The van der Waals surface area contributed by atoms with Gasteiger partial charge in [-0.2, -0.15) is 0 Å². The largest absolute Gasteiger partial charge is 0.383 e. The second-order valence-corrected chi connectivity index (χ2v) is 8.11. The smallest absolute Gasteiger partial charge is 0.251 e. The molecule has 2 heterocycles. The first-order valence-corrected chi connectivity index (χ1v) is 11.2. The maximum absolute atomic E-state index is 14.3. The summed E-state index contributed by atoms with van der Waals surface area (Å²) in [6, 6.07) is 16.1. The van der Waals surface area contributed by atoms with E-state index in [-0.39, 0.29) is 11.7 Å². The monoisotopic (exact) mass is 450 g/mol. The predicted octanol–water partition coefficient (Wildman–Crippen LogP) is 4.29. The maximum Gasteiger partial charge on any atom is 0.251 e. The number of halogens is 1. The Balaban J connectivity index is 1.50. The van der Waals surface area contributed by atoms with Gasteiger partial charge >= 0.3 is 0 Å². The van der Waals surface area contributed by atoms with Gasteiger partial charge in [-0.15, -0.1) is 0 Å². The van der Waals surface area contributed by atoms with Gasteiger partial charge in [0.2, 0.25) is 0 Å². The Bertz CT molecular complexity index is 1210. The van der Waals surface area contributed by atoms with Crippen molar-refractivity contribution in [1.29, 1.82) is 0 Å². The van der Waals surface area contributed by atoms with Crippen molar-refractivity contribution in [2.24, 2.45) is 0 Å². The van der Waals surface area contributed by atoms with Gasteiger partial charge < -0.3 is 14.6 Å². The lowest BCUT2D eigenvalue weighted by atomic mass is 10.1. The minimum atomic E-state index is -0.242. The molecule has 0 aliphatic heterocycles. The van der Waals surface area contributed by atoms with E-state index in [0.717, 1.165) is 21.8 Å². The summed E-state index contributed by atoms with van der Waals surface area (Å²) in [5.41, 5.74) is 3.95. The standard InChI is InChI=1S/C24H23FN4O2S/c1-31-13-12-27-23(30)18-8-6-17(7-9-18)16-32-24-28-21-10-11-26-14-22(21)29(24)15-19-4-2-3-5-20(19)25/h2-11,14H,12-13,15-16H2,1H3,(H,27,30). The summed E-state index contributed by atoms with van der Waals surface area (Å²) in [5, 5.41) is 3.60. The fourth-order valence-electron chi connectivity index (χ4n) is 3.28. The van der Waals surface area contributed by atoms with Crippen LogP contribution in [0, 0.1) is 5.82 Å². The molecular formula is C24H23FN4O2S. The van der Waals surface area contributed by atoms with Crippen molar-refractivity contribution < 1.29 is 13.9 Å². The molecule has 0 saturated carbocycles. The van der Waals surface area contributed by atoms with Crippen molar-refractivity contribution in [2.45, 2.75) is 17.5 Å². The van der Waals surface area contributed by atoms with Gasteiger partial charge in [0, 0.05) is 36.7 Å². The van der Waals surface area contributed by atoms with E-state index in [4.69, 9.17) is 9.72 Å². The van der Waals surface area contributed by atoms with Crippen molar-refractivity contribution >= 4 is 28.7 Å². The Morgan fingerprint density at radius 1 is 1.16 bits per heavy atom. The number of nitrogens with one attached hydrogen (secondary N) is 1. The minimum Gasteiger partial charge on any atom is -0.383 e. The quantitative estimate of drug-likeness (QED) is 0.304. The van der Waals surface area contributed by atoms with Crippen molar-refractivity contribution in [3.05, 3.63) is 89.5 Å². The van der Waals surface area contributed by atoms with E-state index in [9.17, 15) is 9.18 Å². The predicted molar refractivity (Wildman–Crippen MR) is 123 cm³/mol. The van der Waals surface area contributed by atoms with Crippen LogP contribution in [0.2, 0.25) is 0 Å². The van der Waals surface area contributed by atoms with E-state index >= 15 is 0 Å². The molecule has 0 aliphatic rings. The Morgan fingerprint density at radius 3 is 2.75 bits per heavy atom. The third-order valence-electron chi connectivity index (χ3n) is 4.98. The number of carbonyl (C=O) groups excluding carboxylic acids is 1. The molecule has 4 rings (SSSR count). The summed E-state index contributed by atoms with van der Waals surface area (Å²) in [6.07, 6.45) is 3.46. The topological polar surface area (TPSA) is 69.0 Å². The lowest BCUT2D eigenvalue weighted by Gasteiger charge is -2.10. The molecule has 0 unspecified atom stereocenters. The molecule has 0 aliphatic carbocycles. The Hall–Kier alpha value is -3.23. The van der Waals surface area contributed by atoms with Crippen LogP contribution in [0.15, 0.2) is 72.1 Å².